The van der Waals surface area contributed by atoms with Gasteiger partial charge in [-0.05, 0) is 37.9 Å². The molecule has 2 rings (SSSR count). The zero-order chi connectivity index (χ0) is 14.5. The third-order valence-electron chi connectivity index (χ3n) is 3.71. The highest BCUT2D eigenvalue weighted by Gasteiger charge is 2.20. The van der Waals surface area contributed by atoms with Crippen molar-refractivity contribution in [3.63, 3.8) is 0 Å². The van der Waals surface area contributed by atoms with Crippen LogP contribution in [0.5, 0.6) is 0 Å². The Morgan fingerprint density at radius 3 is 2.90 bits per heavy atom. The summed E-state index contributed by atoms with van der Waals surface area (Å²) in [4.78, 5) is 7.26. The van der Waals surface area contributed by atoms with Gasteiger partial charge in [-0.15, -0.1) is 0 Å². The van der Waals surface area contributed by atoms with Gasteiger partial charge in [-0.25, -0.2) is 4.98 Å². The molecule has 1 aliphatic rings. The van der Waals surface area contributed by atoms with Gasteiger partial charge < -0.3 is 10.2 Å². The summed E-state index contributed by atoms with van der Waals surface area (Å²) in [5, 5.41) is 3.49. The van der Waals surface area contributed by atoms with Crippen LogP contribution < -0.4 is 10.2 Å². The monoisotopic (exact) mass is 293 g/mol. The van der Waals surface area contributed by atoms with Crippen LogP contribution >= 0.6 is 11.8 Å². The maximum absolute atomic E-state index is 4.82. The van der Waals surface area contributed by atoms with E-state index in [0.29, 0.717) is 12.0 Å². The summed E-state index contributed by atoms with van der Waals surface area (Å²) in [6, 6.07) is 5.01. The molecule has 0 aliphatic carbocycles. The number of aromatic nitrogens is 1. The van der Waals surface area contributed by atoms with Crippen LogP contribution in [0.15, 0.2) is 12.1 Å². The first-order chi connectivity index (χ1) is 9.58. The minimum atomic E-state index is 0.588. The van der Waals surface area contributed by atoms with Crippen LogP contribution in [0.25, 0.3) is 0 Å². The fraction of sp³-hybridized carbons (Fsp3) is 0.688. The molecule has 3 nitrogen and oxygen atoms in total. The number of nitrogens with one attached hydrogen (secondary N) is 1. The van der Waals surface area contributed by atoms with E-state index in [9.17, 15) is 0 Å². The number of anilines is 1. The second kappa shape index (κ2) is 7.32. The maximum Gasteiger partial charge on any atom is 0.129 e. The summed E-state index contributed by atoms with van der Waals surface area (Å²) in [6.07, 6.45) is 0. The van der Waals surface area contributed by atoms with Crippen molar-refractivity contribution in [1.29, 1.82) is 0 Å². The van der Waals surface area contributed by atoms with Crippen molar-refractivity contribution < 1.29 is 0 Å². The van der Waals surface area contributed by atoms with Gasteiger partial charge in [0.1, 0.15) is 5.82 Å². The predicted molar refractivity (Wildman–Crippen MR) is 89.7 cm³/mol. The largest absolute Gasteiger partial charge is 0.352 e. The molecule has 1 aliphatic heterocycles. The Morgan fingerprint density at radius 1 is 1.45 bits per heavy atom. The van der Waals surface area contributed by atoms with Crippen molar-refractivity contribution in [2.75, 3.05) is 29.5 Å². The third-order valence-corrected chi connectivity index (χ3v) is 4.90. The van der Waals surface area contributed by atoms with Gasteiger partial charge in [0.25, 0.3) is 0 Å². The number of hydrogen-bond acceptors (Lipinski definition) is 4. The van der Waals surface area contributed by atoms with E-state index in [1.165, 1.54) is 17.1 Å². The molecule has 112 valence electrons. The van der Waals surface area contributed by atoms with Crippen LogP contribution in [0.2, 0.25) is 0 Å². The van der Waals surface area contributed by atoms with Crippen molar-refractivity contribution in [2.24, 2.45) is 5.92 Å². The molecule has 4 heteroatoms. The van der Waals surface area contributed by atoms with E-state index in [1.54, 1.807) is 0 Å². The van der Waals surface area contributed by atoms with E-state index in [1.807, 2.05) is 11.8 Å². The zero-order valence-electron chi connectivity index (χ0n) is 13.1. The normalized spacial score (nSPS) is 19.6. The Labute approximate surface area is 127 Å². The molecule has 20 heavy (non-hydrogen) atoms. The van der Waals surface area contributed by atoms with Crippen molar-refractivity contribution >= 4 is 17.6 Å². The lowest BCUT2D eigenvalue weighted by Crippen LogP contribution is -2.41. The average Bonchev–Trinajstić information content (AvgIpc) is 2.41. The Bertz CT molecular complexity index is 434. The number of rotatable bonds is 5. The average molecular weight is 293 g/mol. The lowest BCUT2D eigenvalue weighted by atomic mass is 10.1. The molecule has 2 heterocycles. The molecule has 0 bridgehead atoms. The number of nitrogens with zero attached hydrogens (tertiary/aromatic N) is 2. The molecular weight excluding hydrogens is 266 g/mol. The van der Waals surface area contributed by atoms with Crippen LogP contribution in [0.4, 0.5) is 5.82 Å². The summed E-state index contributed by atoms with van der Waals surface area (Å²) in [5.74, 6) is 4.25. The Kier molecular flexibility index (Phi) is 5.73. The van der Waals surface area contributed by atoms with Crippen molar-refractivity contribution in [2.45, 2.75) is 40.3 Å². The van der Waals surface area contributed by atoms with Gasteiger partial charge >= 0.3 is 0 Å². The second-order valence-electron chi connectivity index (χ2n) is 6.06. The van der Waals surface area contributed by atoms with E-state index in [2.05, 4.69) is 50.0 Å². The Hall–Kier alpha value is -0.740. The Balaban J connectivity index is 2.01. The van der Waals surface area contributed by atoms with E-state index in [-0.39, 0.29) is 0 Å². The number of aryl methyl sites for hydroxylation is 1. The molecule has 1 aromatic rings. The summed E-state index contributed by atoms with van der Waals surface area (Å²) in [7, 11) is 0. The van der Waals surface area contributed by atoms with Gasteiger partial charge in [-0.3, -0.25) is 0 Å². The molecule has 1 saturated heterocycles. The predicted octanol–water partition coefficient (Wildman–Crippen LogP) is 3.08. The molecule has 0 amide bonds. The van der Waals surface area contributed by atoms with Crippen molar-refractivity contribution in [3.8, 4) is 0 Å². The van der Waals surface area contributed by atoms with Crippen LogP contribution in [-0.2, 0) is 6.54 Å². The zero-order valence-corrected chi connectivity index (χ0v) is 14.0. The standard InChI is InChI=1S/C16H27N3S/c1-12(2)9-17-10-15-5-6-16(18-14(15)4)19-7-8-20-11-13(19)3/h5-6,12-13,17H,7-11H2,1-4H3. The summed E-state index contributed by atoms with van der Waals surface area (Å²) < 4.78 is 0. The highest BCUT2D eigenvalue weighted by molar-refractivity contribution is 7.99. The highest BCUT2D eigenvalue weighted by atomic mass is 32.2. The lowest BCUT2D eigenvalue weighted by Gasteiger charge is -2.34. The van der Waals surface area contributed by atoms with Crippen LogP contribution in [0.3, 0.4) is 0 Å². The highest BCUT2D eigenvalue weighted by Crippen LogP contribution is 2.23. The van der Waals surface area contributed by atoms with E-state index >= 15 is 0 Å². The van der Waals surface area contributed by atoms with Gasteiger partial charge in [0, 0.05) is 36.3 Å². The first-order valence-corrected chi connectivity index (χ1v) is 8.75. The molecule has 1 N–H and O–H groups in total. The lowest BCUT2D eigenvalue weighted by molar-refractivity contribution is 0.550. The van der Waals surface area contributed by atoms with E-state index in [4.69, 9.17) is 4.98 Å². The van der Waals surface area contributed by atoms with E-state index in [0.717, 1.165) is 31.1 Å². The maximum atomic E-state index is 4.82. The molecule has 0 aromatic carbocycles. The second-order valence-corrected chi connectivity index (χ2v) is 7.21. The minimum Gasteiger partial charge on any atom is -0.352 e. The topological polar surface area (TPSA) is 28.2 Å². The van der Waals surface area contributed by atoms with Crippen LogP contribution in [0, 0.1) is 12.8 Å². The summed E-state index contributed by atoms with van der Waals surface area (Å²) in [6.45, 7) is 12.0. The van der Waals surface area contributed by atoms with Gasteiger partial charge in [-0.2, -0.15) is 11.8 Å². The quantitative estimate of drug-likeness (QED) is 0.903. The first-order valence-electron chi connectivity index (χ1n) is 7.59. The van der Waals surface area contributed by atoms with Gasteiger partial charge in [0.2, 0.25) is 0 Å². The minimum absolute atomic E-state index is 0.588. The molecule has 0 spiro atoms. The first kappa shape index (κ1) is 15.6. The summed E-state index contributed by atoms with van der Waals surface area (Å²) >= 11 is 2.04. The molecule has 1 atom stereocenters. The van der Waals surface area contributed by atoms with Gasteiger partial charge in [0.05, 0.1) is 0 Å². The molecule has 0 radical (unpaired) electrons. The summed E-state index contributed by atoms with van der Waals surface area (Å²) in [5.41, 5.74) is 2.47. The SMILES string of the molecule is Cc1nc(N2CCSCC2C)ccc1CNCC(C)C. The number of hydrogen-bond donors (Lipinski definition) is 1. The smallest absolute Gasteiger partial charge is 0.129 e. The van der Waals surface area contributed by atoms with E-state index < -0.39 is 0 Å². The fourth-order valence-electron chi connectivity index (χ4n) is 2.49. The molecule has 1 aromatic heterocycles. The van der Waals surface area contributed by atoms with Crippen molar-refractivity contribution in [1.82, 2.24) is 10.3 Å². The van der Waals surface area contributed by atoms with Crippen molar-refractivity contribution in [3.05, 3.63) is 23.4 Å². The van der Waals surface area contributed by atoms with Gasteiger partial charge in [-0.1, -0.05) is 19.9 Å². The number of pyridine rings is 1. The molecule has 1 unspecified atom stereocenters. The molecule has 1 fully saturated rings. The third kappa shape index (κ3) is 4.13. The fourth-order valence-corrected chi connectivity index (χ4v) is 3.50. The van der Waals surface area contributed by atoms with Gasteiger partial charge in [0.15, 0.2) is 0 Å². The molecule has 0 saturated carbocycles. The van der Waals surface area contributed by atoms with Crippen LogP contribution in [0.1, 0.15) is 32.0 Å². The Morgan fingerprint density at radius 2 is 2.25 bits per heavy atom. The van der Waals surface area contributed by atoms with Crippen LogP contribution in [-0.4, -0.2) is 35.6 Å². The molecular formula is C16H27N3S. The number of thioether (sulfide) groups is 1.